The average molecular weight is 275 g/mol. The van der Waals surface area contributed by atoms with E-state index in [1.807, 2.05) is 12.1 Å². The molecule has 0 bridgehead atoms. The zero-order valence-corrected chi connectivity index (χ0v) is 11.6. The van der Waals surface area contributed by atoms with E-state index in [4.69, 9.17) is 5.11 Å². The number of hydrogen-bond donors (Lipinski definition) is 2. The molecule has 4 heteroatoms. The van der Waals surface area contributed by atoms with Crippen LogP contribution in [0.1, 0.15) is 43.2 Å². The normalized spacial score (nSPS) is 15.8. The van der Waals surface area contributed by atoms with Gasteiger partial charge >= 0.3 is 5.97 Å². The molecule has 0 aromatic heterocycles. The summed E-state index contributed by atoms with van der Waals surface area (Å²) in [5.41, 5.74) is 1.61. The standard InChI is InChI=1S/C16H21NO3/c18-15(17-14-7-2-1-3-8-14)10-12-5-4-6-13(9-12)11-16(19)20/h4-6,9,14H,1-3,7-8,10-11H2,(H,17,18)(H,19,20). The summed E-state index contributed by atoms with van der Waals surface area (Å²) in [6.07, 6.45) is 6.12. The number of amides is 1. The van der Waals surface area contributed by atoms with E-state index in [1.165, 1.54) is 19.3 Å². The Morgan fingerprint density at radius 1 is 1.10 bits per heavy atom. The Morgan fingerprint density at radius 3 is 2.40 bits per heavy atom. The molecular weight excluding hydrogens is 254 g/mol. The van der Waals surface area contributed by atoms with Gasteiger partial charge in [0.05, 0.1) is 12.8 Å². The summed E-state index contributed by atoms with van der Waals surface area (Å²) in [6.45, 7) is 0. The van der Waals surface area contributed by atoms with Crippen LogP contribution in [0.5, 0.6) is 0 Å². The van der Waals surface area contributed by atoms with Gasteiger partial charge in [-0.25, -0.2) is 0 Å². The first kappa shape index (κ1) is 14.6. The Labute approximate surface area is 119 Å². The largest absolute Gasteiger partial charge is 0.481 e. The van der Waals surface area contributed by atoms with Gasteiger partial charge < -0.3 is 10.4 Å². The van der Waals surface area contributed by atoms with Crippen molar-refractivity contribution in [1.82, 2.24) is 5.32 Å². The van der Waals surface area contributed by atoms with Gasteiger partial charge in [0, 0.05) is 6.04 Å². The third-order valence-electron chi connectivity index (χ3n) is 3.68. The highest BCUT2D eigenvalue weighted by Crippen LogP contribution is 2.17. The molecule has 20 heavy (non-hydrogen) atoms. The maximum absolute atomic E-state index is 12.0. The Bertz CT molecular complexity index is 478. The Morgan fingerprint density at radius 2 is 1.75 bits per heavy atom. The summed E-state index contributed by atoms with van der Waals surface area (Å²) in [4.78, 5) is 22.7. The number of carbonyl (C=O) groups excluding carboxylic acids is 1. The molecule has 0 heterocycles. The number of carboxylic acid groups (broad SMARTS) is 1. The first-order valence-corrected chi connectivity index (χ1v) is 7.22. The van der Waals surface area contributed by atoms with Crippen LogP contribution >= 0.6 is 0 Å². The zero-order chi connectivity index (χ0) is 14.4. The van der Waals surface area contributed by atoms with Gasteiger partial charge in [0.25, 0.3) is 0 Å². The van der Waals surface area contributed by atoms with Crippen molar-refractivity contribution in [3.05, 3.63) is 35.4 Å². The van der Waals surface area contributed by atoms with Crippen molar-refractivity contribution in [2.75, 3.05) is 0 Å². The molecule has 0 aliphatic heterocycles. The molecule has 1 amide bonds. The van der Waals surface area contributed by atoms with Crippen molar-refractivity contribution in [2.45, 2.75) is 51.0 Å². The van der Waals surface area contributed by atoms with Gasteiger partial charge in [-0.1, -0.05) is 43.5 Å². The number of rotatable bonds is 5. The van der Waals surface area contributed by atoms with E-state index in [0.717, 1.165) is 24.0 Å². The van der Waals surface area contributed by atoms with Gasteiger partial charge in [-0.15, -0.1) is 0 Å². The quantitative estimate of drug-likeness (QED) is 0.866. The highest BCUT2D eigenvalue weighted by molar-refractivity contribution is 5.79. The van der Waals surface area contributed by atoms with Gasteiger partial charge in [-0.05, 0) is 24.0 Å². The predicted molar refractivity (Wildman–Crippen MR) is 76.5 cm³/mol. The summed E-state index contributed by atoms with van der Waals surface area (Å²) in [7, 11) is 0. The van der Waals surface area contributed by atoms with Crippen LogP contribution in [0.2, 0.25) is 0 Å². The molecule has 0 radical (unpaired) electrons. The summed E-state index contributed by atoms with van der Waals surface area (Å²) in [6, 6.07) is 7.57. The predicted octanol–water partition coefficient (Wildman–Crippen LogP) is 2.31. The zero-order valence-electron chi connectivity index (χ0n) is 11.6. The third kappa shape index (κ3) is 4.68. The summed E-state index contributed by atoms with van der Waals surface area (Å²) >= 11 is 0. The van der Waals surface area contributed by atoms with Crippen molar-refractivity contribution < 1.29 is 14.7 Å². The molecule has 1 aliphatic carbocycles. The highest BCUT2D eigenvalue weighted by atomic mass is 16.4. The van der Waals surface area contributed by atoms with Crippen LogP contribution in [0.4, 0.5) is 0 Å². The van der Waals surface area contributed by atoms with Crippen molar-refractivity contribution in [2.24, 2.45) is 0 Å². The molecule has 0 atom stereocenters. The van der Waals surface area contributed by atoms with E-state index in [0.29, 0.717) is 12.5 Å². The van der Waals surface area contributed by atoms with Gasteiger partial charge in [0.2, 0.25) is 5.91 Å². The maximum atomic E-state index is 12.0. The van der Waals surface area contributed by atoms with E-state index >= 15 is 0 Å². The molecule has 4 nitrogen and oxygen atoms in total. The lowest BCUT2D eigenvalue weighted by Gasteiger charge is -2.22. The second-order valence-corrected chi connectivity index (χ2v) is 5.47. The molecule has 2 rings (SSSR count). The highest BCUT2D eigenvalue weighted by Gasteiger charge is 2.15. The van der Waals surface area contributed by atoms with Crippen LogP contribution in [-0.4, -0.2) is 23.0 Å². The fourth-order valence-corrected chi connectivity index (χ4v) is 2.74. The molecule has 0 saturated heterocycles. The molecule has 1 aromatic rings. The fourth-order valence-electron chi connectivity index (χ4n) is 2.74. The van der Waals surface area contributed by atoms with Crippen LogP contribution in [0.3, 0.4) is 0 Å². The summed E-state index contributed by atoms with van der Waals surface area (Å²) in [5.74, 6) is -0.821. The fraction of sp³-hybridized carbons (Fsp3) is 0.500. The number of hydrogen-bond acceptors (Lipinski definition) is 2. The van der Waals surface area contributed by atoms with Crippen LogP contribution < -0.4 is 5.32 Å². The second kappa shape index (κ2) is 7.08. The molecular formula is C16H21NO3. The number of benzene rings is 1. The SMILES string of the molecule is O=C(O)Cc1cccc(CC(=O)NC2CCCCC2)c1. The van der Waals surface area contributed by atoms with Crippen molar-refractivity contribution in [3.8, 4) is 0 Å². The molecule has 2 N–H and O–H groups in total. The first-order valence-electron chi connectivity index (χ1n) is 7.22. The number of nitrogens with one attached hydrogen (secondary N) is 1. The van der Waals surface area contributed by atoms with E-state index < -0.39 is 5.97 Å². The van der Waals surface area contributed by atoms with Gasteiger partial charge in [0.15, 0.2) is 0 Å². The molecule has 108 valence electrons. The lowest BCUT2D eigenvalue weighted by molar-refractivity contribution is -0.136. The van der Waals surface area contributed by atoms with Crippen molar-refractivity contribution >= 4 is 11.9 Å². The number of carbonyl (C=O) groups is 2. The van der Waals surface area contributed by atoms with Gasteiger partial charge in [-0.2, -0.15) is 0 Å². The van der Waals surface area contributed by atoms with Gasteiger partial charge in [-0.3, -0.25) is 9.59 Å². The van der Waals surface area contributed by atoms with Crippen molar-refractivity contribution in [1.29, 1.82) is 0 Å². The number of carboxylic acids is 1. The van der Waals surface area contributed by atoms with E-state index in [-0.39, 0.29) is 12.3 Å². The molecule has 1 fully saturated rings. The van der Waals surface area contributed by atoms with Crippen LogP contribution in [0.25, 0.3) is 0 Å². The molecule has 1 saturated carbocycles. The Kier molecular flexibility index (Phi) is 5.16. The second-order valence-electron chi connectivity index (χ2n) is 5.47. The molecule has 0 unspecified atom stereocenters. The first-order chi connectivity index (χ1) is 9.63. The number of aliphatic carboxylic acids is 1. The lowest BCUT2D eigenvalue weighted by Crippen LogP contribution is -2.37. The van der Waals surface area contributed by atoms with Crippen molar-refractivity contribution in [3.63, 3.8) is 0 Å². The van der Waals surface area contributed by atoms with E-state index in [1.54, 1.807) is 12.1 Å². The Hall–Kier alpha value is -1.84. The van der Waals surface area contributed by atoms with E-state index in [2.05, 4.69) is 5.32 Å². The monoisotopic (exact) mass is 275 g/mol. The minimum Gasteiger partial charge on any atom is -0.481 e. The van der Waals surface area contributed by atoms with Crippen LogP contribution in [0.15, 0.2) is 24.3 Å². The molecule has 0 spiro atoms. The topological polar surface area (TPSA) is 66.4 Å². The summed E-state index contributed by atoms with van der Waals surface area (Å²) < 4.78 is 0. The maximum Gasteiger partial charge on any atom is 0.307 e. The van der Waals surface area contributed by atoms with Gasteiger partial charge in [0.1, 0.15) is 0 Å². The smallest absolute Gasteiger partial charge is 0.307 e. The minimum atomic E-state index is -0.853. The van der Waals surface area contributed by atoms with Crippen LogP contribution in [0, 0.1) is 0 Å². The lowest BCUT2D eigenvalue weighted by atomic mass is 9.95. The minimum absolute atomic E-state index is 0.00190. The molecule has 1 aromatic carbocycles. The van der Waals surface area contributed by atoms with Crippen LogP contribution in [-0.2, 0) is 22.4 Å². The summed E-state index contributed by atoms with van der Waals surface area (Å²) in [5, 5.41) is 11.8. The van der Waals surface area contributed by atoms with E-state index in [9.17, 15) is 9.59 Å². The molecule has 1 aliphatic rings. The Balaban J connectivity index is 1.88. The average Bonchev–Trinajstić information content (AvgIpc) is 2.39. The third-order valence-corrected chi connectivity index (χ3v) is 3.68.